The smallest absolute Gasteiger partial charge is 0.346 e. The molecular weight excluding hydrogens is 394 g/mol. The molecular formula is C24H29N3O4. The Balaban J connectivity index is 1.64. The van der Waals surface area contributed by atoms with Crippen LogP contribution in [0.2, 0.25) is 0 Å². The van der Waals surface area contributed by atoms with E-state index < -0.39 is 11.9 Å². The molecule has 1 heterocycles. The summed E-state index contributed by atoms with van der Waals surface area (Å²) in [6.07, 6.45) is 1.32. The summed E-state index contributed by atoms with van der Waals surface area (Å²) >= 11 is 0. The number of carbonyl (C=O) groups is 2. The minimum absolute atomic E-state index is 0.191. The van der Waals surface area contributed by atoms with Crippen LogP contribution in [0.3, 0.4) is 0 Å². The molecule has 1 aliphatic heterocycles. The van der Waals surface area contributed by atoms with E-state index in [1.165, 1.54) is 37.2 Å². The van der Waals surface area contributed by atoms with E-state index in [1.807, 2.05) is 24.3 Å². The molecule has 7 heteroatoms. The second kappa shape index (κ2) is 10.6. The van der Waals surface area contributed by atoms with E-state index in [9.17, 15) is 9.59 Å². The zero-order valence-electron chi connectivity index (χ0n) is 18.3. The number of piperazine rings is 1. The molecule has 1 aliphatic rings. The van der Waals surface area contributed by atoms with Crippen LogP contribution in [-0.4, -0.2) is 57.2 Å². The number of rotatable bonds is 7. The van der Waals surface area contributed by atoms with Crippen molar-refractivity contribution in [3.63, 3.8) is 0 Å². The molecule has 164 valence electrons. The summed E-state index contributed by atoms with van der Waals surface area (Å²) in [4.78, 5) is 28.5. The number of hydrogen-bond acceptors (Lipinski definition) is 7. The van der Waals surface area contributed by atoms with E-state index in [1.54, 1.807) is 0 Å². The summed E-state index contributed by atoms with van der Waals surface area (Å²) in [5.41, 5.74) is 4.26. The van der Waals surface area contributed by atoms with Gasteiger partial charge in [-0.25, -0.2) is 9.59 Å². The highest BCUT2D eigenvalue weighted by molar-refractivity contribution is 6.14. The fourth-order valence-corrected chi connectivity index (χ4v) is 3.55. The normalized spacial score (nSPS) is 14.0. The van der Waals surface area contributed by atoms with Crippen molar-refractivity contribution in [1.29, 1.82) is 0 Å². The molecule has 0 radical (unpaired) electrons. The Kier molecular flexibility index (Phi) is 7.67. The molecule has 0 aliphatic carbocycles. The van der Waals surface area contributed by atoms with Crippen LogP contribution in [-0.2, 0) is 25.6 Å². The van der Waals surface area contributed by atoms with Gasteiger partial charge in [-0.1, -0.05) is 24.3 Å². The third-order valence-corrected chi connectivity index (χ3v) is 5.43. The molecule has 1 N–H and O–H groups in total. The lowest BCUT2D eigenvalue weighted by atomic mass is 10.1. The maximum absolute atomic E-state index is 11.8. The van der Waals surface area contributed by atoms with Crippen LogP contribution < -0.4 is 10.2 Å². The molecule has 3 rings (SSSR count). The first kappa shape index (κ1) is 22.4. The molecule has 0 atom stereocenters. The van der Waals surface area contributed by atoms with Crippen LogP contribution in [0.4, 0.5) is 11.4 Å². The predicted molar refractivity (Wildman–Crippen MR) is 121 cm³/mol. The van der Waals surface area contributed by atoms with Crippen LogP contribution in [0.5, 0.6) is 0 Å². The molecule has 2 aromatic carbocycles. The van der Waals surface area contributed by atoms with Crippen LogP contribution in [0, 0.1) is 6.92 Å². The summed E-state index contributed by atoms with van der Waals surface area (Å²) in [5.74, 6) is -1.49. The average Bonchev–Trinajstić information content (AvgIpc) is 2.81. The van der Waals surface area contributed by atoms with Gasteiger partial charge >= 0.3 is 11.9 Å². The molecule has 1 saturated heterocycles. The van der Waals surface area contributed by atoms with Gasteiger partial charge in [-0.3, -0.25) is 4.90 Å². The topological polar surface area (TPSA) is 71.1 Å². The number of methoxy groups -OCH3 is 2. The Morgan fingerprint density at radius 2 is 1.61 bits per heavy atom. The first-order chi connectivity index (χ1) is 15.0. The number of esters is 2. The SMILES string of the molecule is COC(=O)C(=CNc1ccc(C)c(CN2CCN(c3ccccc3)CC2)c1)C(=O)OC. The van der Waals surface area contributed by atoms with E-state index in [0.717, 1.165) is 38.4 Å². The van der Waals surface area contributed by atoms with Crippen molar-refractivity contribution >= 4 is 23.3 Å². The number of ether oxygens (including phenoxy) is 2. The number of nitrogens with one attached hydrogen (secondary N) is 1. The Labute approximate surface area is 183 Å². The maximum Gasteiger partial charge on any atom is 0.346 e. The largest absolute Gasteiger partial charge is 0.465 e. The molecule has 2 aromatic rings. The molecule has 0 saturated carbocycles. The van der Waals surface area contributed by atoms with Gasteiger partial charge in [-0.2, -0.15) is 0 Å². The summed E-state index contributed by atoms with van der Waals surface area (Å²) in [5, 5.41) is 3.02. The van der Waals surface area contributed by atoms with Crippen molar-refractivity contribution in [3.05, 3.63) is 71.4 Å². The standard InChI is InChI=1S/C24H29N3O4/c1-18-9-10-20(25-16-22(23(28)30-2)24(29)31-3)15-19(18)17-26-11-13-27(14-12-26)21-7-5-4-6-8-21/h4-10,15-16,25H,11-14,17H2,1-3H3. The number of hydrogen-bond donors (Lipinski definition) is 1. The first-order valence-electron chi connectivity index (χ1n) is 10.3. The molecule has 7 nitrogen and oxygen atoms in total. The fraction of sp³-hybridized carbons (Fsp3) is 0.333. The molecule has 0 spiro atoms. The van der Waals surface area contributed by atoms with E-state index >= 15 is 0 Å². The van der Waals surface area contributed by atoms with Crippen LogP contribution in [0.1, 0.15) is 11.1 Å². The molecule has 0 unspecified atom stereocenters. The minimum Gasteiger partial charge on any atom is -0.465 e. The van der Waals surface area contributed by atoms with Gasteiger partial charge < -0.3 is 19.7 Å². The number of nitrogens with zero attached hydrogens (tertiary/aromatic N) is 2. The summed E-state index contributed by atoms with van der Waals surface area (Å²) in [7, 11) is 2.45. The number of para-hydroxylation sites is 1. The number of carbonyl (C=O) groups excluding carboxylic acids is 2. The summed E-state index contributed by atoms with van der Waals surface area (Å²) in [6, 6.07) is 16.5. The predicted octanol–water partition coefficient (Wildman–Crippen LogP) is 2.96. The third kappa shape index (κ3) is 5.86. The first-order valence-corrected chi connectivity index (χ1v) is 10.3. The molecule has 0 amide bonds. The highest BCUT2D eigenvalue weighted by atomic mass is 16.5. The summed E-state index contributed by atoms with van der Waals surface area (Å²) < 4.78 is 9.30. The van der Waals surface area contributed by atoms with E-state index in [0.29, 0.717) is 0 Å². The van der Waals surface area contributed by atoms with Gasteiger partial charge in [-0.15, -0.1) is 0 Å². The lowest BCUT2D eigenvalue weighted by Crippen LogP contribution is -2.46. The van der Waals surface area contributed by atoms with Crippen molar-refractivity contribution < 1.29 is 19.1 Å². The molecule has 31 heavy (non-hydrogen) atoms. The van der Waals surface area contributed by atoms with Gasteiger partial charge in [0.25, 0.3) is 0 Å². The summed E-state index contributed by atoms with van der Waals surface area (Å²) in [6.45, 7) is 6.89. The molecule has 1 fully saturated rings. The second-order valence-electron chi connectivity index (χ2n) is 7.43. The zero-order valence-corrected chi connectivity index (χ0v) is 18.3. The molecule has 0 aromatic heterocycles. The maximum atomic E-state index is 11.8. The van der Waals surface area contributed by atoms with Crippen molar-refractivity contribution in [3.8, 4) is 0 Å². The Bertz CT molecular complexity index is 917. The quantitative estimate of drug-likeness (QED) is 0.318. The van der Waals surface area contributed by atoms with Crippen molar-refractivity contribution in [2.45, 2.75) is 13.5 Å². The molecule has 0 bridgehead atoms. The fourth-order valence-electron chi connectivity index (χ4n) is 3.55. The average molecular weight is 424 g/mol. The lowest BCUT2D eigenvalue weighted by molar-refractivity contribution is -0.144. The lowest BCUT2D eigenvalue weighted by Gasteiger charge is -2.36. The number of aryl methyl sites for hydroxylation is 1. The Hall–Kier alpha value is -3.32. The van der Waals surface area contributed by atoms with Gasteiger partial charge in [0.2, 0.25) is 0 Å². The van der Waals surface area contributed by atoms with Crippen molar-refractivity contribution in [2.24, 2.45) is 0 Å². The van der Waals surface area contributed by atoms with Crippen molar-refractivity contribution in [1.82, 2.24) is 4.90 Å². The second-order valence-corrected chi connectivity index (χ2v) is 7.43. The highest BCUT2D eigenvalue weighted by Crippen LogP contribution is 2.20. The Morgan fingerprint density at radius 1 is 0.968 bits per heavy atom. The number of anilines is 2. The monoisotopic (exact) mass is 423 g/mol. The van der Waals surface area contributed by atoms with Gasteiger partial charge in [0.1, 0.15) is 0 Å². The van der Waals surface area contributed by atoms with Crippen LogP contribution >= 0.6 is 0 Å². The zero-order chi connectivity index (χ0) is 22.2. The minimum atomic E-state index is -0.747. The van der Waals surface area contributed by atoms with E-state index in [2.05, 4.69) is 55.8 Å². The Morgan fingerprint density at radius 3 is 2.23 bits per heavy atom. The van der Waals surface area contributed by atoms with Crippen molar-refractivity contribution in [2.75, 3.05) is 50.6 Å². The van der Waals surface area contributed by atoms with Gasteiger partial charge in [0.15, 0.2) is 5.57 Å². The third-order valence-electron chi connectivity index (χ3n) is 5.43. The van der Waals surface area contributed by atoms with Crippen LogP contribution in [0.15, 0.2) is 60.3 Å². The van der Waals surface area contributed by atoms with Crippen LogP contribution in [0.25, 0.3) is 0 Å². The van der Waals surface area contributed by atoms with E-state index in [4.69, 9.17) is 0 Å². The van der Waals surface area contributed by atoms with E-state index in [-0.39, 0.29) is 5.57 Å². The van der Waals surface area contributed by atoms with Gasteiger partial charge in [0.05, 0.1) is 14.2 Å². The highest BCUT2D eigenvalue weighted by Gasteiger charge is 2.20. The van der Waals surface area contributed by atoms with Gasteiger partial charge in [-0.05, 0) is 42.3 Å². The van der Waals surface area contributed by atoms with Gasteiger partial charge in [0, 0.05) is 50.3 Å². The number of benzene rings is 2.